The van der Waals surface area contributed by atoms with Gasteiger partial charge in [0.15, 0.2) is 11.5 Å². The average molecular weight is 656 g/mol. The number of carbonyl (C=O) groups is 1. The van der Waals surface area contributed by atoms with Crippen molar-refractivity contribution in [3.8, 4) is 22.5 Å². The third kappa shape index (κ3) is 5.10. The standard InChI is InChI=1S/C26H22FN6O2.Re/c1-26(2,3)25-32-24(35-33-25)23(34)29-14-17-10-9-16(13-19(17)27)18-11-12-28-22-20(18)30-21(31-22)15-7-5-4-6-8-15;/h4-5,7-13H,14H2,1-3H3,(H,29,34)(H,28,30,31);/q-1;. The number of aromatic nitrogens is 5. The Bertz CT molecular complexity index is 1520. The molecule has 0 spiro atoms. The molecular weight excluding hydrogens is 634 g/mol. The zero-order valence-corrected chi connectivity index (χ0v) is 22.5. The summed E-state index contributed by atoms with van der Waals surface area (Å²) in [6.07, 6.45) is 1.64. The molecule has 10 heteroatoms. The summed E-state index contributed by atoms with van der Waals surface area (Å²) in [6, 6.07) is 17.1. The van der Waals surface area contributed by atoms with E-state index in [-0.39, 0.29) is 38.3 Å². The van der Waals surface area contributed by atoms with Crippen LogP contribution in [0.25, 0.3) is 33.7 Å². The largest absolute Gasteiger partial charge is 0.346 e. The smallest absolute Gasteiger partial charge is 0.315 e. The fourth-order valence-corrected chi connectivity index (χ4v) is 3.56. The molecule has 1 amide bonds. The molecule has 183 valence electrons. The Morgan fingerprint density at radius 1 is 1.17 bits per heavy atom. The summed E-state index contributed by atoms with van der Waals surface area (Å²) in [5.41, 5.74) is 3.52. The maximum atomic E-state index is 15.0. The number of imidazole rings is 1. The van der Waals surface area contributed by atoms with Crippen LogP contribution in [0.4, 0.5) is 4.39 Å². The fourth-order valence-electron chi connectivity index (χ4n) is 3.56. The number of nitrogens with one attached hydrogen (secondary N) is 2. The number of carbonyl (C=O) groups excluding carboxylic acids is 1. The van der Waals surface area contributed by atoms with Crippen LogP contribution in [-0.2, 0) is 32.4 Å². The van der Waals surface area contributed by atoms with Crippen LogP contribution in [0.3, 0.4) is 0 Å². The van der Waals surface area contributed by atoms with Gasteiger partial charge in [-0.2, -0.15) is 35.3 Å². The first-order valence-electron chi connectivity index (χ1n) is 11.0. The van der Waals surface area contributed by atoms with Crippen LogP contribution in [0, 0.1) is 11.9 Å². The molecule has 3 aromatic heterocycles. The first-order chi connectivity index (χ1) is 16.8. The predicted octanol–water partition coefficient (Wildman–Crippen LogP) is 4.84. The molecule has 0 saturated heterocycles. The second kappa shape index (κ2) is 10.1. The molecular formula is C26H22FN6O2Re-. The fraction of sp³-hybridized carbons (Fsp3) is 0.192. The van der Waals surface area contributed by atoms with Gasteiger partial charge >= 0.3 is 11.8 Å². The van der Waals surface area contributed by atoms with Crippen molar-refractivity contribution in [2.75, 3.05) is 0 Å². The van der Waals surface area contributed by atoms with Crippen LogP contribution in [0.15, 0.2) is 59.3 Å². The van der Waals surface area contributed by atoms with Gasteiger partial charge in [0.25, 0.3) is 0 Å². The van der Waals surface area contributed by atoms with Gasteiger partial charge in [-0.3, -0.25) is 4.79 Å². The van der Waals surface area contributed by atoms with Crippen molar-refractivity contribution in [3.05, 3.63) is 83.9 Å². The Labute approximate surface area is 220 Å². The molecule has 0 fully saturated rings. The Hall–Kier alpha value is -3.74. The van der Waals surface area contributed by atoms with E-state index in [9.17, 15) is 9.18 Å². The van der Waals surface area contributed by atoms with E-state index in [0.29, 0.717) is 33.9 Å². The summed E-state index contributed by atoms with van der Waals surface area (Å²) in [5, 5.41) is 6.46. The maximum Gasteiger partial charge on any atom is 0.315 e. The van der Waals surface area contributed by atoms with Crippen molar-refractivity contribution in [1.82, 2.24) is 30.4 Å². The SMILES string of the molecule is CC(C)(C)c1noc(C(=O)NCc2ccc(-c3ccnc4nc(-c5c[c-]ccc5)[nH]c34)cc2F)n1.[Re]. The normalized spacial score (nSPS) is 11.3. The number of hydrogen-bond donors (Lipinski definition) is 2. The number of aromatic amines is 1. The topological polar surface area (TPSA) is 110 Å². The van der Waals surface area contributed by atoms with Crippen molar-refractivity contribution >= 4 is 17.1 Å². The van der Waals surface area contributed by atoms with Gasteiger partial charge in [0.05, 0.1) is 11.3 Å². The Kier molecular flexibility index (Phi) is 7.11. The van der Waals surface area contributed by atoms with Crippen molar-refractivity contribution in [3.63, 3.8) is 0 Å². The van der Waals surface area contributed by atoms with Gasteiger partial charge in [0.2, 0.25) is 0 Å². The van der Waals surface area contributed by atoms with Crippen LogP contribution in [-0.4, -0.2) is 31.0 Å². The van der Waals surface area contributed by atoms with E-state index in [4.69, 9.17) is 4.52 Å². The number of fused-ring (bicyclic) bond motifs is 1. The minimum absolute atomic E-state index is 0. The minimum Gasteiger partial charge on any atom is -0.346 e. The third-order valence-corrected chi connectivity index (χ3v) is 5.47. The molecule has 5 aromatic rings. The number of halogens is 1. The molecule has 36 heavy (non-hydrogen) atoms. The van der Waals surface area contributed by atoms with Gasteiger partial charge in [-0.1, -0.05) is 43.6 Å². The van der Waals surface area contributed by atoms with E-state index in [0.717, 1.165) is 11.1 Å². The van der Waals surface area contributed by atoms with E-state index in [1.165, 1.54) is 6.07 Å². The molecule has 3 heterocycles. The van der Waals surface area contributed by atoms with E-state index in [2.05, 4.69) is 36.5 Å². The van der Waals surface area contributed by atoms with Crippen molar-refractivity contribution in [1.29, 1.82) is 0 Å². The quantitative estimate of drug-likeness (QED) is 0.263. The number of rotatable bonds is 5. The van der Waals surface area contributed by atoms with E-state index in [1.54, 1.807) is 24.4 Å². The van der Waals surface area contributed by atoms with Gasteiger partial charge in [0, 0.05) is 49.7 Å². The van der Waals surface area contributed by atoms with Gasteiger partial charge in [-0.05, 0) is 17.7 Å². The Balaban J connectivity index is 0.00000304. The minimum atomic E-state index is -0.560. The predicted molar refractivity (Wildman–Crippen MR) is 128 cm³/mol. The Morgan fingerprint density at radius 3 is 2.69 bits per heavy atom. The molecule has 0 unspecified atom stereocenters. The van der Waals surface area contributed by atoms with Gasteiger partial charge < -0.3 is 14.8 Å². The zero-order chi connectivity index (χ0) is 24.6. The van der Waals surface area contributed by atoms with Gasteiger partial charge in [-0.25, -0.2) is 14.4 Å². The molecule has 8 nitrogen and oxygen atoms in total. The summed E-state index contributed by atoms with van der Waals surface area (Å²) in [5.74, 6) is -0.0832. The molecule has 1 radical (unpaired) electrons. The molecule has 2 aromatic carbocycles. The molecule has 0 aliphatic carbocycles. The monoisotopic (exact) mass is 656 g/mol. The van der Waals surface area contributed by atoms with Gasteiger partial charge in [-0.15, -0.1) is 0 Å². The molecule has 0 aliphatic rings. The summed E-state index contributed by atoms with van der Waals surface area (Å²) < 4.78 is 20.0. The van der Waals surface area contributed by atoms with E-state index in [1.807, 2.05) is 45.0 Å². The molecule has 2 N–H and O–H groups in total. The number of amides is 1. The summed E-state index contributed by atoms with van der Waals surface area (Å²) in [6.45, 7) is 5.72. The summed E-state index contributed by atoms with van der Waals surface area (Å²) >= 11 is 0. The molecule has 5 rings (SSSR count). The first-order valence-corrected chi connectivity index (χ1v) is 11.0. The van der Waals surface area contributed by atoms with Crippen molar-refractivity contribution < 1.29 is 34.1 Å². The number of benzene rings is 2. The number of hydrogen-bond acceptors (Lipinski definition) is 6. The van der Waals surface area contributed by atoms with Crippen LogP contribution in [0.5, 0.6) is 0 Å². The second-order valence-corrected chi connectivity index (χ2v) is 9.10. The Morgan fingerprint density at radius 2 is 2.00 bits per heavy atom. The van der Waals surface area contributed by atoms with Crippen molar-refractivity contribution in [2.45, 2.75) is 32.7 Å². The van der Waals surface area contributed by atoms with Crippen LogP contribution in [0.1, 0.15) is 42.8 Å². The zero-order valence-electron chi connectivity index (χ0n) is 19.8. The van der Waals surface area contributed by atoms with E-state index < -0.39 is 11.7 Å². The first kappa shape index (κ1) is 25.4. The third-order valence-electron chi connectivity index (χ3n) is 5.47. The number of pyridine rings is 1. The number of nitrogens with zero attached hydrogens (tertiary/aromatic N) is 4. The van der Waals surface area contributed by atoms with E-state index >= 15 is 0 Å². The van der Waals surface area contributed by atoms with Crippen LogP contribution >= 0.6 is 0 Å². The van der Waals surface area contributed by atoms with Crippen LogP contribution in [0.2, 0.25) is 0 Å². The maximum absolute atomic E-state index is 15.0. The van der Waals surface area contributed by atoms with Crippen molar-refractivity contribution in [2.24, 2.45) is 0 Å². The summed E-state index contributed by atoms with van der Waals surface area (Å²) in [7, 11) is 0. The average Bonchev–Trinajstić information content (AvgIpc) is 3.51. The van der Waals surface area contributed by atoms with Crippen LogP contribution < -0.4 is 5.32 Å². The number of H-pyrrole nitrogens is 1. The molecule has 0 bridgehead atoms. The molecule has 0 saturated carbocycles. The molecule has 0 aliphatic heterocycles. The second-order valence-electron chi connectivity index (χ2n) is 9.10. The molecule has 0 atom stereocenters. The van der Waals surface area contributed by atoms with Gasteiger partial charge in [0.1, 0.15) is 5.82 Å². The summed E-state index contributed by atoms with van der Waals surface area (Å²) in [4.78, 5) is 28.7.